The molecule has 0 saturated carbocycles. The smallest absolute Gasteiger partial charge is 0.323 e. The average molecular weight is 236 g/mol. The third-order valence-electron chi connectivity index (χ3n) is 2.25. The molecule has 6 nitrogen and oxygen atoms in total. The Morgan fingerprint density at radius 2 is 2.35 bits per heavy atom. The lowest BCUT2D eigenvalue weighted by Gasteiger charge is -2.11. The van der Waals surface area contributed by atoms with E-state index in [1.165, 1.54) is 6.33 Å². The zero-order valence-corrected chi connectivity index (χ0v) is 10.3. The first-order chi connectivity index (χ1) is 8.10. The van der Waals surface area contributed by atoms with E-state index in [-0.39, 0.29) is 19.1 Å². The zero-order valence-electron chi connectivity index (χ0n) is 10.3. The predicted molar refractivity (Wildman–Crippen MR) is 59.8 cm³/mol. The van der Waals surface area contributed by atoms with E-state index < -0.39 is 11.9 Å². The van der Waals surface area contributed by atoms with Crippen LogP contribution in [0, 0.1) is 17.2 Å². The largest absolute Gasteiger partial charge is 0.465 e. The predicted octanol–water partition coefficient (Wildman–Crippen LogP) is 1.10. The number of carbonyl (C=O) groups excluding carboxylic acids is 1. The van der Waals surface area contributed by atoms with E-state index in [1.54, 1.807) is 11.6 Å². The number of aromatic nitrogens is 3. The van der Waals surface area contributed by atoms with Gasteiger partial charge in [-0.25, -0.2) is 9.67 Å². The number of hydrogen-bond donors (Lipinski definition) is 0. The van der Waals surface area contributed by atoms with Crippen LogP contribution in [0.2, 0.25) is 0 Å². The van der Waals surface area contributed by atoms with E-state index in [0.29, 0.717) is 5.82 Å². The fourth-order valence-electron chi connectivity index (χ4n) is 1.46. The Bertz CT molecular complexity index is 419. The van der Waals surface area contributed by atoms with Crippen molar-refractivity contribution in [1.82, 2.24) is 14.8 Å². The third kappa shape index (κ3) is 3.28. The minimum Gasteiger partial charge on any atom is -0.465 e. The van der Waals surface area contributed by atoms with Crippen molar-refractivity contribution >= 4 is 5.97 Å². The Balaban J connectivity index is 2.78. The average Bonchev–Trinajstić information content (AvgIpc) is 2.74. The van der Waals surface area contributed by atoms with Crippen LogP contribution in [0.25, 0.3) is 0 Å². The van der Waals surface area contributed by atoms with Gasteiger partial charge in [0.1, 0.15) is 12.2 Å². The highest BCUT2D eigenvalue weighted by atomic mass is 16.5. The molecule has 0 N–H and O–H groups in total. The maximum atomic E-state index is 11.5. The van der Waals surface area contributed by atoms with Gasteiger partial charge in [0, 0.05) is 12.5 Å². The van der Waals surface area contributed by atoms with Crippen molar-refractivity contribution in [3.63, 3.8) is 0 Å². The van der Waals surface area contributed by atoms with Crippen LogP contribution in [-0.2, 0) is 16.0 Å². The number of hydrogen-bond acceptors (Lipinski definition) is 5. The van der Waals surface area contributed by atoms with Crippen LogP contribution < -0.4 is 0 Å². The standard InChI is InChI=1S/C11H16N4O2/c1-4-17-11(16)9(6-12)5-10-13-7-14-15(10)8(2)3/h7-9H,4-5H2,1-3H3. The number of ether oxygens (including phenoxy) is 1. The monoisotopic (exact) mass is 236 g/mol. The molecule has 92 valence electrons. The Morgan fingerprint density at radius 3 is 2.88 bits per heavy atom. The van der Waals surface area contributed by atoms with Crippen molar-refractivity contribution in [3.05, 3.63) is 12.2 Å². The summed E-state index contributed by atoms with van der Waals surface area (Å²) in [4.78, 5) is 15.5. The number of nitrogens with zero attached hydrogens (tertiary/aromatic N) is 4. The van der Waals surface area contributed by atoms with Crippen LogP contribution >= 0.6 is 0 Å². The molecule has 0 aliphatic heterocycles. The van der Waals surface area contributed by atoms with Crippen LogP contribution in [0.1, 0.15) is 32.6 Å². The van der Waals surface area contributed by atoms with E-state index in [1.807, 2.05) is 19.9 Å². The highest BCUT2D eigenvalue weighted by Crippen LogP contribution is 2.11. The lowest BCUT2D eigenvalue weighted by atomic mass is 10.1. The van der Waals surface area contributed by atoms with Crippen LogP contribution in [0.15, 0.2) is 6.33 Å². The second kappa shape index (κ2) is 5.99. The molecule has 0 spiro atoms. The molecule has 0 aliphatic carbocycles. The summed E-state index contributed by atoms with van der Waals surface area (Å²) in [6.45, 7) is 5.91. The number of esters is 1. The van der Waals surface area contributed by atoms with E-state index in [2.05, 4.69) is 10.1 Å². The first kappa shape index (κ1) is 13.2. The first-order valence-corrected chi connectivity index (χ1v) is 5.54. The quantitative estimate of drug-likeness (QED) is 0.715. The molecule has 0 aromatic carbocycles. The minimum absolute atomic E-state index is 0.147. The number of nitriles is 1. The van der Waals surface area contributed by atoms with Gasteiger partial charge in [0.05, 0.1) is 12.7 Å². The van der Waals surface area contributed by atoms with Gasteiger partial charge in [-0.05, 0) is 20.8 Å². The molecule has 1 heterocycles. The zero-order chi connectivity index (χ0) is 12.8. The summed E-state index contributed by atoms with van der Waals surface area (Å²) >= 11 is 0. The van der Waals surface area contributed by atoms with Gasteiger partial charge in [-0.3, -0.25) is 4.79 Å². The highest BCUT2D eigenvalue weighted by molar-refractivity contribution is 5.75. The van der Waals surface area contributed by atoms with Crippen LogP contribution in [0.3, 0.4) is 0 Å². The second-order valence-electron chi connectivity index (χ2n) is 3.85. The first-order valence-electron chi connectivity index (χ1n) is 5.54. The van der Waals surface area contributed by atoms with E-state index in [0.717, 1.165) is 0 Å². The van der Waals surface area contributed by atoms with Gasteiger partial charge in [-0.2, -0.15) is 10.4 Å². The van der Waals surface area contributed by atoms with Crippen LogP contribution in [0.5, 0.6) is 0 Å². The van der Waals surface area contributed by atoms with Gasteiger partial charge in [0.2, 0.25) is 0 Å². The topological polar surface area (TPSA) is 80.8 Å². The van der Waals surface area contributed by atoms with Crippen molar-refractivity contribution in [3.8, 4) is 6.07 Å². The summed E-state index contributed by atoms with van der Waals surface area (Å²) in [6.07, 6.45) is 1.66. The fraction of sp³-hybridized carbons (Fsp3) is 0.636. The maximum absolute atomic E-state index is 11.5. The van der Waals surface area contributed by atoms with Gasteiger partial charge in [0.15, 0.2) is 5.92 Å². The highest BCUT2D eigenvalue weighted by Gasteiger charge is 2.22. The van der Waals surface area contributed by atoms with Crippen LogP contribution in [0.4, 0.5) is 0 Å². The van der Waals surface area contributed by atoms with Gasteiger partial charge in [-0.1, -0.05) is 0 Å². The minimum atomic E-state index is -0.823. The molecular weight excluding hydrogens is 220 g/mol. The second-order valence-corrected chi connectivity index (χ2v) is 3.85. The normalized spacial score (nSPS) is 12.2. The van der Waals surface area contributed by atoms with Crippen LogP contribution in [-0.4, -0.2) is 27.3 Å². The van der Waals surface area contributed by atoms with Gasteiger partial charge >= 0.3 is 5.97 Å². The summed E-state index contributed by atoms with van der Waals surface area (Å²) in [5.74, 6) is -0.704. The molecule has 0 saturated heterocycles. The number of carbonyl (C=O) groups is 1. The lowest BCUT2D eigenvalue weighted by Crippen LogP contribution is -2.21. The molecule has 0 radical (unpaired) electrons. The molecule has 1 rings (SSSR count). The third-order valence-corrected chi connectivity index (χ3v) is 2.25. The Labute approximate surface area is 100 Å². The SMILES string of the molecule is CCOC(=O)C(C#N)Cc1ncnn1C(C)C. The van der Waals surface area contributed by atoms with Crippen molar-refractivity contribution in [2.24, 2.45) is 5.92 Å². The molecule has 6 heteroatoms. The van der Waals surface area contributed by atoms with Gasteiger partial charge in [0.25, 0.3) is 0 Å². The maximum Gasteiger partial charge on any atom is 0.323 e. The van der Waals surface area contributed by atoms with E-state index in [4.69, 9.17) is 10.00 Å². The summed E-state index contributed by atoms with van der Waals surface area (Å²) in [6, 6.07) is 2.08. The summed E-state index contributed by atoms with van der Waals surface area (Å²) < 4.78 is 6.52. The Hall–Kier alpha value is -1.90. The summed E-state index contributed by atoms with van der Waals surface area (Å²) in [5, 5.41) is 13.0. The Kier molecular flexibility index (Phi) is 4.64. The fourth-order valence-corrected chi connectivity index (χ4v) is 1.46. The summed E-state index contributed by atoms with van der Waals surface area (Å²) in [7, 11) is 0. The molecule has 0 bridgehead atoms. The van der Waals surface area contributed by atoms with E-state index in [9.17, 15) is 4.79 Å². The molecule has 0 amide bonds. The van der Waals surface area contributed by atoms with E-state index >= 15 is 0 Å². The molecule has 1 unspecified atom stereocenters. The van der Waals surface area contributed by atoms with Gasteiger partial charge in [-0.15, -0.1) is 0 Å². The van der Waals surface area contributed by atoms with Crippen molar-refractivity contribution in [2.45, 2.75) is 33.2 Å². The molecule has 17 heavy (non-hydrogen) atoms. The molecule has 0 aliphatic rings. The molecule has 0 fully saturated rings. The molecule has 1 aromatic rings. The Morgan fingerprint density at radius 1 is 1.65 bits per heavy atom. The molecule has 1 atom stereocenters. The van der Waals surface area contributed by atoms with Crippen molar-refractivity contribution in [1.29, 1.82) is 5.26 Å². The lowest BCUT2D eigenvalue weighted by molar-refractivity contribution is -0.146. The van der Waals surface area contributed by atoms with Crippen molar-refractivity contribution < 1.29 is 9.53 Å². The van der Waals surface area contributed by atoms with Gasteiger partial charge < -0.3 is 4.74 Å². The molecular formula is C11H16N4O2. The summed E-state index contributed by atoms with van der Waals surface area (Å²) in [5.41, 5.74) is 0. The molecule has 1 aromatic heterocycles. The number of rotatable bonds is 5. The van der Waals surface area contributed by atoms with Crippen molar-refractivity contribution in [2.75, 3.05) is 6.61 Å².